The molecule has 0 aromatic heterocycles. The highest BCUT2D eigenvalue weighted by atomic mass is 28.3. The van der Waals surface area contributed by atoms with Gasteiger partial charge in [0.05, 0.1) is 40.6 Å². The maximum absolute atomic E-state index is 2.45. The zero-order valence-corrected chi connectivity index (χ0v) is 81.3. The molecule has 0 saturated heterocycles. The molecule has 0 unspecified atom stereocenters. The number of rotatable bonds is 4. The predicted octanol–water partition coefficient (Wildman–Crippen LogP) is 33.3. The Balaban J connectivity index is 0.000000104. The van der Waals surface area contributed by atoms with E-state index in [2.05, 4.69) is 539 Å². The third-order valence-corrected chi connectivity index (χ3v) is 36.0. The first-order chi connectivity index (χ1) is 69.2. The number of benzene rings is 21. The fourth-order valence-corrected chi connectivity index (χ4v) is 29.8. The summed E-state index contributed by atoms with van der Waals surface area (Å²) in [6, 6.07) is 187. The van der Waals surface area contributed by atoms with E-state index in [-0.39, 0.29) is 5.41 Å². The van der Waals surface area contributed by atoms with Crippen LogP contribution in [0.3, 0.4) is 0 Å². The van der Waals surface area contributed by atoms with Crippen molar-refractivity contribution in [2.75, 3.05) is 0 Å². The lowest BCUT2D eigenvalue weighted by atomic mass is 9.51. The minimum atomic E-state index is -1.47. The van der Waals surface area contributed by atoms with Crippen LogP contribution in [0.5, 0.6) is 0 Å². The fraction of sp³-hybridized carbons (Fsp3) is 0.100. The number of aryl methyl sites for hydroxylation is 1. The van der Waals surface area contributed by atoms with E-state index in [0.29, 0.717) is 0 Å². The molecule has 0 aliphatic heterocycles. The van der Waals surface area contributed by atoms with Gasteiger partial charge in [-0.25, -0.2) is 0 Å². The summed E-state index contributed by atoms with van der Waals surface area (Å²) in [7, 11) is -1.47. The van der Waals surface area contributed by atoms with Crippen LogP contribution < -0.4 is 5.19 Å². The molecule has 0 N–H and O–H groups in total. The minimum Gasteiger partial charge on any atom is -0.0656 e. The van der Waals surface area contributed by atoms with E-state index in [1.807, 2.05) is 0 Å². The monoisotopic (exact) mass is 1810 g/mol. The van der Waals surface area contributed by atoms with Crippen LogP contribution in [0.4, 0.5) is 0 Å². The highest BCUT2D eigenvalue weighted by Crippen LogP contribution is 2.74. The van der Waals surface area contributed by atoms with Gasteiger partial charge in [-0.1, -0.05) is 543 Å². The molecular weight excluding hydrogens is 1710 g/mol. The van der Waals surface area contributed by atoms with Gasteiger partial charge in [0.1, 0.15) is 0 Å². The van der Waals surface area contributed by atoms with Crippen LogP contribution in [-0.2, 0) is 37.9 Å². The van der Waals surface area contributed by atoms with Crippen molar-refractivity contribution in [2.24, 2.45) is 0 Å². The van der Waals surface area contributed by atoms with Crippen LogP contribution in [-0.4, -0.2) is 8.07 Å². The summed E-state index contributed by atoms with van der Waals surface area (Å²) in [6.45, 7) is 16.4. The molecule has 141 heavy (non-hydrogen) atoms. The Morgan fingerprint density at radius 2 is 0.305 bits per heavy atom. The topological polar surface area (TPSA) is 0 Å². The normalized spacial score (nSPS) is 15.3. The van der Waals surface area contributed by atoms with Crippen LogP contribution in [0.2, 0.25) is 19.6 Å². The zero-order valence-electron chi connectivity index (χ0n) is 80.3. The maximum Gasteiger partial charge on any atom is 0.0775 e. The molecule has 30 rings (SSSR count). The van der Waals surface area contributed by atoms with Crippen molar-refractivity contribution in [1.82, 2.24) is 0 Å². The highest BCUT2D eigenvalue weighted by Gasteiger charge is 2.64. The van der Waals surface area contributed by atoms with E-state index in [1.165, 1.54) is 250 Å². The first-order valence-electron chi connectivity index (χ1n) is 50.4. The second kappa shape index (κ2) is 30.4. The van der Waals surface area contributed by atoms with Gasteiger partial charge in [0.2, 0.25) is 0 Å². The standard InChI is InChI=1S/C48H36.C47H36Si.C45H30/c1-46(2,3)32-29-27-31(28-30-32)33-19-14-26-44-45(33)48(40-22-10-6-17-36(40)37-18-7-11-23-41(37)48)43-25-13-12-24-42(43)47(44)38-20-8-4-15-34(38)35-16-5-9-21-39(35)47;1-48(2,3)32-29-27-31(28-30-32)33-19-14-26-44-45(33)47(40-22-10-6-17-36(40)37-18-7-11-23-41(37)47)43-25-13-12-24-42(43)46(44)38-20-8-4-15-34(38)35-16-5-9-21-39(35)46;1-29-25-27-30(28-26-29)31-17-12-24-42-43(31)45(38-20-8-4-15-34(38)35-16-5-9-21-39(35)45)41-23-11-10-22-40(41)44(42)36-18-6-2-13-32(36)33-14-3-7-19-37(33)44/h2*4-30H,1-3H3;2-28H,1H3. The van der Waals surface area contributed by atoms with Crippen molar-refractivity contribution in [1.29, 1.82) is 0 Å². The second-order valence-electron chi connectivity index (χ2n) is 42.4. The lowest BCUT2D eigenvalue weighted by Crippen LogP contribution is -2.44. The molecule has 0 fully saturated rings. The summed E-state index contributed by atoms with van der Waals surface area (Å²) >= 11 is 0. The van der Waals surface area contributed by atoms with Gasteiger partial charge in [-0.3, -0.25) is 0 Å². The summed E-state index contributed by atoms with van der Waals surface area (Å²) in [4.78, 5) is 0. The van der Waals surface area contributed by atoms with Crippen LogP contribution in [0.1, 0.15) is 165 Å². The molecule has 0 heterocycles. The predicted molar refractivity (Wildman–Crippen MR) is 587 cm³/mol. The third kappa shape index (κ3) is 10.8. The SMILES string of the molecule is CC(C)(C)c1ccc(-c2cccc3c2C2(c4ccccc4-c4ccccc42)c2ccccc2C32c3ccccc3-c3ccccc32)cc1.C[Si](C)(C)c1ccc(-c2cccc3c2C2(c4ccccc4-c4ccccc42)c2ccccc2C32c3ccccc3-c3ccccc32)cc1.Cc1ccc(-c2cccc3c2C2(c4ccccc4-c4ccccc42)c2ccccc2C32c3ccccc3-c3ccccc32)cc1. The summed E-state index contributed by atoms with van der Waals surface area (Å²) in [5.41, 5.74) is 56.7. The molecule has 0 bridgehead atoms. The van der Waals surface area contributed by atoms with Crippen molar-refractivity contribution in [3.05, 3.63) is 636 Å². The average molecular weight is 1810 g/mol. The van der Waals surface area contributed by atoms with E-state index in [0.717, 1.165) is 0 Å². The van der Waals surface area contributed by atoms with Crippen molar-refractivity contribution >= 4 is 13.3 Å². The van der Waals surface area contributed by atoms with Gasteiger partial charge < -0.3 is 0 Å². The molecule has 9 aliphatic carbocycles. The molecule has 9 aliphatic rings. The highest BCUT2D eigenvalue weighted by molar-refractivity contribution is 6.88. The minimum absolute atomic E-state index is 0.0828. The van der Waals surface area contributed by atoms with Crippen LogP contribution in [0.25, 0.3) is 100 Å². The molecule has 0 atom stereocenters. The van der Waals surface area contributed by atoms with Gasteiger partial charge in [0.15, 0.2) is 0 Å². The largest absolute Gasteiger partial charge is 0.0775 e. The van der Waals surface area contributed by atoms with Gasteiger partial charge in [0, 0.05) is 0 Å². The Labute approximate surface area is 828 Å². The van der Waals surface area contributed by atoms with E-state index >= 15 is 0 Å². The van der Waals surface area contributed by atoms with Gasteiger partial charge in [-0.15, -0.1) is 0 Å². The fourth-order valence-electron chi connectivity index (χ4n) is 28.6. The van der Waals surface area contributed by atoms with Crippen molar-refractivity contribution in [3.63, 3.8) is 0 Å². The summed E-state index contributed by atoms with van der Waals surface area (Å²) in [5.74, 6) is 0. The Morgan fingerprint density at radius 1 is 0.149 bits per heavy atom. The molecule has 21 aromatic carbocycles. The maximum atomic E-state index is 2.45. The van der Waals surface area contributed by atoms with Gasteiger partial charge in [-0.2, -0.15) is 0 Å². The van der Waals surface area contributed by atoms with E-state index in [4.69, 9.17) is 0 Å². The lowest BCUT2D eigenvalue weighted by Gasteiger charge is -2.49. The Kier molecular flexibility index (Phi) is 17.9. The smallest absolute Gasteiger partial charge is 0.0656 e. The molecule has 0 amide bonds. The summed E-state index contributed by atoms with van der Waals surface area (Å²) in [5, 5.41) is 1.49. The molecule has 0 radical (unpaired) electrons. The van der Waals surface area contributed by atoms with Crippen LogP contribution >= 0.6 is 0 Å². The first-order valence-corrected chi connectivity index (χ1v) is 53.9. The Morgan fingerprint density at radius 3 is 0.504 bits per heavy atom. The van der Waals surface area contributed by atoms with Gasteiger partial charge in [-0.05, 0) is 252 Å². The van der Waals surface area contributed by atoms with Crippen LogP contribution in [0, 0.1) is 6.92 Å². The number of hydrogen-bond donors (Lipinski definition) is 0. The lowest BCUT2D eigenvalue weighted by molar-refractivity contribution is 0.590. The third-order valence-electron chi connectivity index (χ3n) is 33.9. The first kappa shape index (κ1) is 83.0. The van der Waals surface area contributed by atoms with E-state index in [9.17, 15) is 0 Å². The number of fused-ring (bicyclic) bond motifs is 48. The summed E-state index contributed by atoms with van der Waals surface area (Å²) in [6.07, 6.45) is 0. The Bertz CT molecular complexity index is 8220. The summed E-state index contributed by atoms with van der Waals surface area (Å²) < 4.78 is 0. The molecule has 21 aromatic rings. The second-order valence-corrected chi connectivity index (χ2v) is 47.5. The zero-order chi connectivity index (χ0) is 94.3. The average Bonchev–Trinajstić information content (AvgIpc) is 1.51. The van der Waals surface area contributed by atoms with Gasteiger partial charge in [0.25, 0.3) is 0 Å². The molecule has 0 saturated carbocycles. The van der Waals surface area contributed by atoms with Crippen molar-refractivity contribution in [2.45, 2.75) is 85.2 Å². The number of hydrogen-bond acceptors (Lipinski definition) is 0. The van der Waals surface area contributed by atoms with E-state index in [1.54, 1.807) is 0 Å². The molecule has 6 spiro atoms. The molecular formula is C140H102Si. The van der Waals surface area contributed by atoms with E-state index < -0.39 is 40.6 Å². The van der Waals surface area contributed by atoms with Crippen LogP contribution in [0.15, 0.2) is 491 Å². The quantitative estimate of drug-likeness (QED) is 0.154. The van der Waals surface area contributed by atoms with Crippen molar-refractivity contribution < 1.29 is 0 Å². The Hall–Kier alpha value is -16.2. The van der Waals surface area contributed by atoms with Crippen molar-refractivity contribution in [3.8, 4) is 100 Å². The molecule has 1 heteroatoms. The molecule has 666 valence electrons. The van der Waals surface area contributed by atoms with Gasteiger partial charge >= 0.3 is 0 Å². The molecule has 0 nitrogen and oxygen atoms in total.